The van der Waals surface area contributed by atoms with E-state index in [1.165, 1.54) is 10.4 Å². The van der Waals surface area contributed by atoms with Crippen LogP contribution >= 0.6 is 0 Å². The van der Waals surface area contributed by atoms with E-state index in [9.17, 15) is 13.2 Å². The van der Waals surface area contributed by atoms with Gasteiger partial charge >= 0.3 is 0 Å². The third-order valence-electron chi connectivity index (χ3n) is 5.15. The largest absolute Gasteiger partial charge is 0.454 e. The van der Waals surface area contributed by atoms with Gasteiger partial charge in [-0.15, -0.1) is 0 Å². The summed E-state index contributed by atoms with van der Waals surface area (Å²) in [7, 11) is -3.62. The number of likely N-dealkylation sites (N-methyl/N-ethyl adjacent to an activating group) is 1. The van der Waals surface area contributed by atoms with Crippen LogP contribution in [0.2, 0.25) is 0 Å². The second kappa shape index (κ2) is 8.02. The monoisotopic (exact) mass is 417 g/mol. The number of rotatable bonds is 5. The normalized spacial score (nSPS) is 17.3. The fourth-order valence-corrected chi connectivity index (χ4v) is 4.95. The van der Waals surface area contributed by atoms with Crippen molar-refractivity contribution in [3.8, 4) is 11.5 Å². The van der Waals surface area contributed by atoms with Crippen LogP contribution in [0.1, 0.15) is 17.3 Å². The number of ether oxygens (including phenoxy) is 2. The lowest BCUT2D eigenvalue weighted by Crippen LogP contribution is -2.48. The lowest BCUT2D eigenvalue weighted by atomic mass is 10.1. The number of fused-ring (bicyclic) bond motifs is 1. The van der Waals surface area contributed by atoms with Crippen LogP contribution in [0, 0.1) is 0 Å². The second-order valence-corrected chi connectivity index (χ2v) is 8.80. The second-order valence-electron chi connectivity index (χ2n) is 6.86. The molecule has 0 spiro atoms. The van der Waals surface area contributed by atoms with Crippen LogP contribution in [-0.2, 0) is 10.0 Å². The van der Waals surface area contributed by atoms with Crippen LogP contribution in [0.25, 0.3) is 0 Å². The highest BCUT2D eigenvalue weighted by atomic mass is 32.2. The summed E-state index contributed by atoms with van der Waals surface area (Å²) in [6.45, 7) is 5.39. The predicted molar refractivity (Wildman–Crippen MR) is 108 cm³/mol. The van der Waals surface area contributed by atoms with E-state index in [2.05, 4.69) is 17.1 Å². The van der Waals surface area contributed by atoms with Gasteiger partial charge in [-0.1, -0.05) is 19.1 Å². The highest BCUT2D eigenvalue weighted by molar-refractivity contribution is 7.89. The van der Waals surface area contributed by atoms with Gasteiger partial charge in [-0.2, -0.15) is 4.31 Å². The molecular weight excluding hydrogens is 394 g/mol. The maximum atomic E-state index is 13.0. The van der Waals surface area contributed by atoms with E-state index in [1.807, 2.05) is 0 Å². The van der Waals surface area contributed by atoms with E-state index in [-0.39, 0.29) is 11.7 Å². The molecule has 2 aromatic carbocycles. The van der Waals surface area contributed by atoms with Gasteiger partial charge in [-0.25, -0.2) is 8.42 Å². The maximum Gasteiger partial charge on any atom is 0.259 e. The Morgan fingerprint density at radius 1 is 1.07 bits per heavy atom. The first-order valence-electron chi connectivity index (χ1n) is 9.51. The maximum absolute atomic E-state index is 13.0. The van der Waals surface area contributed by atoms with Crippen molar-refractivity contribution in [1.82, 2.24) is 9.21 Å². The molecule has 2 aromatic rings. The molecule has 1 amide bonds. The number of para-hydroxylation sites is 1. The summed E-state index contributed by atoms with van der Waals surface area (Å²) in [5, 5.41) is 2.75. The number of piperazine rings is 1. The molecule has 0 aliphatic carbocycles. The zero-order valence-electron chi connectivity index (χ0n) is 16.1. The number of carbonyl (C=O) groups excluding carboxylic acids is 1. The molecule has 0 unspecified atom stereocenters. The van der Waals surface area contributed by atoms with Gasteiger partial charge in [0.25, 0.3) is 5.91 Å². The molecule has 2 heterocycles. The van der Waals surface area contributed by atoms with Crippen molar-refractivity contribution in [2.75, 3.05) is 44.8 Å². The van der Waals surface area contributed by atoms with Crippen molar-refractivity contribution in [1.29, 1.82) is 0 Å². The number of hydrogen-bond acceptors (Lipinski definition) is 6. The molecule has 1 fully saturated rings. The summed E-state index contributed by atoms with van der Waals surface area (Å²) in [6.07, 6.45) is 0. The molecule has 0 radical (unpaired) electrons. The number of nitrogens with zero attached hydrogens (tertiary/aromatic N) is 2. The van der Waals surface area contributed by atoms with E-state index in [0.29, 0.717) is 48.9 Å². The van der Waals surface area contributed by atoms with Crippen molar-refractivity contribution in [2.24, 2.45) is 0 Å². The molecule has 0 saturated carbocycles. The number of anilines is 1. The Kier molecular flexibility index (Phi) is 5.44. The number of hydrogen-bond donors (Lipinski definition) is 1. The van der Waals surface area contributed by atoms with Gasteiger partial charge in [-0.05, 0) is 36.9 Å². The minimum Gasteiger partial charge on any atom is -0.454 e. The van der Waals surface area contributed by atoms with Crippen molar-refractivity contribution < 1.29 is 22.7 Å². The summed E-state index contributed by atoms with van der Waals surface area (Å²) in [5.41, 5.74) is 0.740. The standard InChI is InChI=1S/C20H23N3O5S/c1-2-22-9-11-23(12-10-22)29(25,26)16-6-3-5-15(13-16)21-20(24)17-7-4-8-18-19(17)28-14-27-18/h3-8,13H,2,9-12,14H2,1H3,(H,21,24). The smallest absolute Gasteiger partial charge is 0.259 e. The lowest BCUT2D eigenvalue weighted by Gasteiger charge is -2.33. The van der Waals surface area contributed by atoms with Crippen molar-refractivity contribution >= 4 is 21.6 Å². The molecule has 4 rings (SSSR count). The molecule has 29 heavy (non-hydrogen) atoms. The highest BCUT2D eigenvalue weighted by Gasteiger charge is 2.28. The van der Waals surface area contributed by atoms with E-state index in [4.69, 9.17) is 9.47 Å². The van der Waals surface area contributed by atoms with Gasteiger partial charge in [0.2, 0.25) is 16.8 Å². The summed E-state index contributed by atoms with van der Waals surface area (Å²) in [6, 6.07) is 11.4. The Balaban J connectivity index is 1.52. The van der Waals surface area contributed by atoms with Crippen molar-refractivity contribution in [3.63, 3.8) is 0 Å². The number of nitrogens with one attached hydrogen (secondary N) is 1. The van der Waals surface area contributed by atoms with Crippen molar-refractivity contribution in [2.45, 2.75) is 11.8 Å². The zero-order valence-corrected chi connectivity index (χ0v) is 16.9. The van der Waals surface area contributed by atoms with Crippen LogP contribution < -0.4 is 14.8 Å². The number of amides is 1. The van der Waals surface area contributed by atoms with Gasteiger partial charge in [-0.3, -0.25) is 4.79 Å². The topological polar surface area (TPSA) is 88.2 Å². The van der Waals surface area contributed by atoms with E-state index in [0.717, 1.165) is 6.54 Å². The molecule has 0 aromatic heterocycles. The average molecular weight is 417 g/mol. The van der Waals surface area contributed by atoms with Crippen LogP contribution in [0.5, 0.6) is 11.5 Å². The van der Waals surface area contributed by atoms with Crippen molar-refractivity contribution in [3.05, 3.63) is 48.0 Å². The quantitative estimate of drug-likeness (QED) is 0.801. The molecule has 154 valence electrons. The number of carbonyl (C=O) groups is 1. The summed E-state index contributed by atoms with van der Waals surface area (Å²) < 4.78 is 38.2. The fourth-order valence-electron chi connectivity index (χ4n) is 3.48. The van der Waals surface area contributed by atoms with Gasteiger partial charge in [0.15, 0.2) is 11.5 Å². The Bertz CT molecular complexity index is 1020. The average Bonchev–Trinajstić information content (AvgIpc) is 3.23. The molecule has 0 atom stereocenters. The third kappa shape index (κ3) is 3.93. The van der Waals surface area contributed by atoms with Crippen LogP contribution in [0.3, 0.4) is 0 Å². The molecule has 2 aliphatic rings. The molecule has 8 nitrogen and oxygen atoms in total. The van der Waals surface area contributed by atoms with Gasteiger partial charge < -0.3 is 19.7 Å². The van der Waals surface area contributed by atoms with Crippen LogP contribution in [0.15, 0.2) is 47.4 Å². The molecular formula is C20H23N3O5S. The van der Waals surface area contributed by atoms with Gasteiger partial charge in [0.1, 0.15) is 0 Å². The Labute approximate surface area is 170 Å². The van der Waals surface area contributed by atoms with Crippen LogP contribution in [-0.4, -0.2) is 63.0 Å². The van der Waals surface area contributed by atoms with E-state index in [1.54, 1.807) is 36.4 Å². The minimum atomic E-state index is -3.62. The Morgan fingerprint density at radius 3 is 2.59 bits per heavy atom. The Hall–Kier alpha value is -2.62. The SMILES string of the molecule is CCN1CCN(S(=O)(=O)c2cccc(NC(=O)c3cccc4c3OCO4)c2)CC1. The lowest BCUT2D eigenvalue weighted by molar-refractivity contribution is 0.102. The molecule has 9 heteroatoms. The third-order valence-corrected chi connectivity index (χ3v) is 7.04. The summed E-state index contributed by atoms with van der Waals surface area (Å²) >= 11 is 0. The summed E-state index contributed by atoms with van der Waals surface area (Å²) in [5.74, 6) is 0.515. The number of benzene rings is 2. The molecule has 2 aliphatic heterocycles. The minimum absolute atomic E-state index is 0.0681. The summed E-state index contributed by atoms with van der Waals surface area (Å²) in [4.78, 5) is 15.1. The van der Waals surface area contributed by atoms with Gasteiger partial charge in [0, 0.05) is 31.9 Å². The highest BCUT2D eigenvalue weighted by Crippen LogP contribution is 2.35. The first-order valence-corrected chi connectivity index (χ1v) is 11.0. The van der Waals surface area contributed by atoms with Crippen LogP contribution in [0.4, 0.5) is 5.69 Å². The first-order chi connectivity index (χ1) is 14.0. The molecule has 1 saturated heterocycles. The Morgan fingerprint density at radius 2 is 1.83 bits per heavy atom. The van der Waals surface area contributed by atoms with Gasteiger partial charge in [0.05, 0.1) is 10.5 Å². The first kappa shape index (κ1) is 19.7. The predicted octanol–water partition coefficient (Wildman–Crippen LogP) is 1.99. The molecule has 0 bridgehead atoms. The van der Waals surface area contributed by atoms with E-state index < -0.39 is 15.9 Å². The fraction of sp³-hybridized carbons (Fsp3) is 0.350. The zero-order chi connectivity index (χ0) is 20.4. The number of sulfonamides is 1. The van der Waals surface area contributed by atoms with E-state index >= 15 is 0 Å². The molecule has 1 N–H and O–H groups in total.